The van der Waals surface area contributed by atoms with Gasteiger partial charge in [-0.05, 0) is 12.0 Å². The average molecular weight is 294 g/mol. The van der Waals surface area contributed by atoms with Crippen LogP contribution in [0, 0.1) is 0 Å². The molecule has 0 fully saturated rings. The number of hydrogen-bond donors (Lipinski definition) is 3. The van der Waals surface area contributed by atoms with E-state index in [0.717, 1.165) is 5.56 Å². The smallest absolute Gasteiger partial charge is 0.408 e. The lowest BCUT2D eigenvalue weighted by atomic mass is 10.1. The molecule has 1 aromatic rings. The van der Waals surface area contributed by atoms with Crippen LogP contribution in [-0.2, 0) is 20.9 Å². The van der Waals surface area contributed by atoms with Crippen LogP contribution >= 0.6 is 0 Å². The fourth-order valence-electron chi connectivity index (χ4n) is 1.56. The Bertz CT molecular complexity index is 489. The highest BCUT2D eigenvalue weighted by Gasteiger charge is 2.21. The molecule has 0 spiro atoms. The van der Waals surface area contributed by atoms with Crippen LogP contribution in [0.3, 0.4) is 0 Å². The van der Waals surface area contributed by atoms with Gasteiger partial charge < -0.3 is 20.5 Å². The Hall–Kier alpha value is -2.57. The summed E-state index contributed by atoms with van der Waals surface area (Å²) in [4.78, 5) is 33.6. The van der Waals surface area contributed by atoms with E-state index in [1.165, 1.54) is 7.05 Å². The summed E-state index contributed by atoms with van der Waals surface area (Å²) >= 11 is 0. The number of hydrogen-bond acceptors (Lipinski definition) is 4. The first-order valence-corrected chi connectivity index (χ1v) is 6.43. The molecule has 7 nitrogen and oxygen atoms in total. The Labute approximate surface area is 122 Å². The Morgan fingerprint density at radius 3 is 2.48 bits per heavy atom. The van der Waals surface area contributed by atoms with Crippen molar-refractivity contribution in [1.29, 1.82) is 0 Å². The maximum absolute atomic E-state index is 11.5. The molecule has 2 amide bonds. The SMILES string of the molecule is CNC(=O)CCC(NC(=O)OCc1ccccc1)C(=O)O. The first-order chi connectivity index (χ1) is 10.0. The van der Waals surface area contributed by atoms with Crippen molar-refractivity contribution in [3.05, 3.63) is 35.9 Å². The summed E-state index contributed by atoms with van der Waals surface area (Å²) in [6.45, 7) is 0.0501. The second-order valence-electron chi connectivity index (χ2n) is 4.31. The van der Waals surface area contributed by atoms with Crippen LogP contribution in [0.1, 0.15) is 18.4 Å². The van der Waals surface area contributed by atoms with Crippen molar-refractivity contribution in [2.24, 2.45) is 0 Å². The van der Waals surface area contributed by atoms with E-state index in [0.29, 0.717) is 0 Å². The molecule has 1 rings (SSSR count). The van der Waals surface area contributed by atoms with Gasteiger partial charge in [0.25, 0.3) is 0 Å². The van der Waals surface area contributed by atoms with Crippen molar-refractivity contribution in [2.45, 2.75) is 25.5 Å². The average Bonchev–Trinajstić information content (AvgIpc) is 2.49. The molecule has 1 aromatic carbocycles. The Morgan fingerprint density at radius 1 is 1.24 bits per heavy atom. The summed E-state index contributed by atoms with van der Waals surface area (Å²) in [6.07, 6.45) is -0.829. The van der Waals surface area contributed by atoms with Gasteiger partial charge in [-0.25, -0.2) is 9.59 Å². The number of alkyl carbamates (subject to hydrolysis) is 1. The van der Waals surface area contributed by atoms with E-state index in [1.807, 2.05) is 6.07 Å². The quantitative estimate of drug-likeness (QED) is 0.692. The maximum Gasteiger partial charge on any atom is 0.408 e. The van der Waals surface area contributed by atoms with Crippen molar-refractivity contribution in [2.75, 3.05) is 7.05 Å². The topological polar surface area (TPSA) is 105 Å². The third-order valence-corrected chi connectivity index (χ3v) is 2.74. The number of amides is 2. The maximum atomic E-state index is 11.5. The second kappa shape index (κ2) is 8.57. The van der Waals surface area contributed by atoms with E-state index in [4.69, 9.17) is 9.84 Å². The number of aliphatic carboxylic acids is 1. The predicted molar refractivity (Wildman–Crippen MR) is 74.5 cm³/mol. The van der Waals surface area contributed by atoms with Gasteiger partial charge in [-0.3, -0.25) is 4.79 Å². The predicted octanol–water partition coefficient (Wildman–Crippen LogP) is 0.892. The highest BCUT2D eigenvalue weighted by Crippen LogP contribution is 2.02. The molecule has 1 atom stereocenters. The van der Waals surface area contributed by atoms with Gasteiger partial charge in [-0.1, -0.05) is 30.3 Å². The molecule has 0 saturated carbocycles. The molecule has 0 radical (unpaired) electrons. The summed E-state index contributed by atoms with van der Waals surface area (Å²) in [5.74, 6) is -1.50. The van der Waals surface area contributed by atoms with Crippen LogP contribution in [0.4, 0.5) is 4.79 Å². The number of carboxylic acid groups (broad SMARTS) is 1. The third kappa shape index (κ3) is 6.42. The largest absolute Gasteiger partial charge is 0.480 e. The van der Waals surface area contributed by atoms with E-state index in [1.54, 1.807) is 24.3 Å². The molecule has 114 valence electrons. The standard InChI is InChI=1S/C14H18N2O5/c1-15-12(17)8-7-11(13(18)19)16-14(20)21-9-10-5-3-2-4-6-10/h2-6,11H,7-9H2,1H3,(H,15,17)(H,16,20)(H,18,19). The highest BCUT2D eigenvalue weighted by molar-refractivity contribution is 5.81. The van der Waals surface area contributed by atoms with E-state index < -0.39 is 18.1 Å². The summed E-state index contributed by atoms with van der Waals surface area (Å²) in [7, 11) is 1.46. The van der Waals surface area contributed by atoms with Gasteiger partial charge in [-0.2, -0.15) is 0 Å². The summed E-state index contributed by atoms with van der Waals surface area (Å²) in [6, 6.07) is 7.86. The third-order valence-electron chi connectivity index (χ3n) is 2.74. The molecule has 3 N–H and O–H groups in total. The van der Waals surface area contributed by atoms with Crippen molar-refractivity contribution in [3.8, 4) is 0 Å². The van der Waals surface area contributed by atoms with Crippen LogP contribution < -0.4 is 10.6 Å². The van der Waals surface area contributed by atoms with Crippen molar-refractivity contribution in [3.63, 3.8) is 0 Å². The minimum Gasteiger partial charge on any atom is -0.480 e. The number of rotatable bonds is 7. The van der Waals surface area contributed by atoms with E-state index in [9.17, 15) is 14.4 Å². The fourth-order valence-corrected chi connectivity index (χ4v) is 1.56. The zero-order valence-electron chi connectivity index (χ0n) is 11.7. The number of benzene rings is 1. The van der Waals surface area contributed by atoms with Crippen LogP contribution in [-0.4, -0.2) is 36.2 Å². The van der Waals surface area contributed by atoms with Crippen molar-refractivity contribution in [1.82, 2.24) is 10.6 Å². The molecular formula is C14H18N2O5. The molecule has 0 aliphatic carbocycles. The van der Waals surface area contributed by atoms with Gasteiger partial charge in [0, 0.05) is 13.5 Å². The zero-order valence-corrected chi connectivity index (χ0v) is 11.7. The molecule has 0 aliphatic heterocycles. The first-order valence-electron chi connectivity index (χ1n) is 6.43. The van der Waals surface area contributed by atoms with Crippen LogP contribution in [0.5, 0.6) is 0 Å². The summed E-state index contributed by atoms with van der Waals surface area (Å²) in [5.41, 5.74) is 0.796. The van der Waals surface area contributed by atoms with Crippen molar-refractivity contribution >= 4 is 18.0 Å². The monoisotopic (exact) mass is 294 g/mol. The van der Waals surface area contributed by atoms with Gasteiger partial charge in [0.15, 0.2) is 0 Å². The van der Waals surface area contributed by atoms with Gasteiger partial charge in [0.1, 0.15) is 12.6 Å². The number of carbonyl (C=O) groups is 3. The van der Waals surface area contributed by atoms with Crippen LogP contribution in [0.15, 0.2) is 30.3 Å². The minimum atomic E-state index is -1.21. The highest BCUT2D eigenvalue weighted by atomic mass is 16.5. The van der Waals surface area contributed by atoms with Gasteiger partial charge >= 0.3 is 12.1 Å². The molecular weight excluding hydrogens is 276 g/mol. The summed E-state index contributed by atoms with van der Waals surface area (Å²) in [5, 5.41) is 13.6. The minimum absolute atomic E-state index is 0.00452. The van der Waals surface area contributed by atoms with E-state index >= 15 is 0 Å². The van der Waals surface area contributed by atoms with E-state index in [2.05, 4.69) is 10.6 Å². The molecule has 0 aromatic heterocycles. The molecule has 1 unspecified atom stereocenters. The molecule has 0 saturated heterocycles. The Kier molecular flexibility index (Phi) is 6.73. The Balaban J connectivity index is 2.41. The normalized spacial score (nSPS) is 11.3. The molecule has 7 heteroatoms. The first kappa shape index (κ1) is 16.5. The van der Waals surface area contributed by atoms with Crippen LogP contribution in [0.2, 0.25) is 0 Å². The molecule has 0 aliphatic rings. The fraction of sp³-hybridized carbons (Fsp3) is 0.357. The van der Waals surface area contributed by atoms with Crippen molar-refractivity contribution < 1.29 is 24.2 Å². The molecule has 0 bridgehead atoms. The molecule has 21 heavy (non-hydrogen) atoms. The van der Waals surface area contributed by atoms with Gasteiger partial charge in [-0.15, -0.1) is 0 Å². The lowest BCUT2D eigenvalue weighted by Crippen LogP contribution is -2.41. The number of carboxylic acids is 1. The summed E-state index contributed by atoms with van der Waals surface area (Å²) < 4.78 is 4.93. The van der Waals surface area contributed by atoms with Gasteiger partial charge in [0.05, 0.1) is 0 Å². The lowest BCUT2D eigenvalue weighted by Gasteiger charge is -2.14. The zero-order chi connectivity index (χ0) is 15.7. The second-order valence-corrected chi connectivity index (χ2v) is 4.31. The number of nitrogens with one attached hydrogen (secondary N) is 2. The lowest BCUT2D eigenvalue weighted by molar-refractivity contribution is -0.139. The van der Waals surface area contributed by atoms with Gasteiger partial charge in [0.2, 0.25) is 5.91 Å². The van der Waals surface area contributed by atoms with E-state index in [-0.39, 0.29) is 25.4 Å². The Morgan fingerprint density at radius 2 is 1.90 bits per heavy atom. The number of carbonyl (C=O) groups excluding carboxylic acids is 2. The van der Waals surface area contributed by atoms with Crippen LogP contribution in [0.25, 0.3) is 0 Å². The number of ether oxygens (including phenoxy) is 1. The molecule has 0 heterocycles.